The Morgan fingerprint density at radius 2 is 0.704 bits per heavy atom. The number of phenols is 1. The summed E-state index contributed by atoms with van der Waals surface area (Å²) in [4.78, 5) is 28.7. The number of quaternary nitrogens is 1. The molecule has 4 aromatic carbocycles. The van der Waals surface area contributed by atoms with Gasteiger partial charge in [0.1, 0.15) is 73.8 Å². The largest absolute Gasteiger partial charge is 0.768 e. The van der Waals surface area contributed by atoms with Crippen molar-refractivity contribution in [2.75, 3.05) is 39.4 Å². The van der Waals surface area contributed by atoms with Gasteiger partial charge < -0.3 is 60.2 Å². The van der Waals surface area contributed by atoms with Gasteiger partial charge in [0.25, 0.3) is 49.1 Å². The maximum absolute atomic E-state index is 13.3. The summed E-state index contributed by atoms with van der Waals surface area (Å²) < 4.78 is 217. The first-order chi connectivity index (χ1) is 50.8. The molecule has 10 aromatic rings. The number of rotatable bonds is 26. The van der Waals surface area contributed by atoms with Crippen LogP contribution in [0.2, 0.25) is 39.7 Å². The second-order valence-electron chi connectivity index (χ2n) is 20.9. The molecule has 0 amide bonds. The molecule has 6 heterocycles. The highest BCUT2D eigenvalue weighted by Gasteiger charge is 2.32. The van der Waals surface area contributed by atoms with Crippen molar-refractivity contribution in [3.63, 3.8) is 0 Å². The zero-order chi connectivity index (χ0) is 83.1. The third kappa shape index (κ3) is 48.7. The van der Waals surface area contributed by atoms with E-state index in [4.69, 9.17) is 90.7 Å². The third-order valence-corrected chi connectivity index (χ3v) is 34.0. The number of primary sulfonamides is 1. The number of hydrogen-bond acceptors (Lipinski definition) is 30. The average molecular weight is 2100 g/mol. The highest BCUT2D eigenvalue weighted by molar-refractivity contribution is 9.26. The summed E-state index contributed by atoms with van der Waals surface area (Å²) in [5.41, 5.74) is 0. The number of phenolic OH excluding ortho intramolecular Hbond substituents is 1. The lowest BCUT2D eigenvalue weighted by molar-refractivity contribution is -0.191. The molecule has 648 valence electrons. The minimum Gasteiger partial charge on any atom is -0.768 e. The zero-order valence-corrected chi connectivity index (χ0v) is 78.8. The van der Waals surface area contributed by atoms with Gasteiger partial charge in [0.2, 0.25) is 10.0 Å². The average Bonchev–Trinajstić information content (AvgIpc) is 1.80. The summed E-state index contributed by atoms with van der Waals surface area (Å²) in [6, 6.07) is 42.9. The molecule has 0 saturated carbocycles. The van der Waals surface area contributed by atoms with Crippen LogP contribution in [0.1, 0.15) is 14.9 Å². The van der Waals surface area contributed by atoms with Crippen molar-refractivity contribution in [3.8, 4) is 23.0 Å². The molecule has 1 atom stereocenters. The third-order valence-electron chi connectivity index (χ3n) is 10.8. The number of halogens is 6. The summed E-state index contributed by atoms with van der Waals surface area (Å²) in [6.45, 7) is 5.93. The molecule has 10 rings (SSSR count). The van der Waals surface area contributed by atoms with Crippen LogP contribution in [0.25, 0.3) is 0 Å². The monoisotopic (exact) mass is 2090 g/mol. The number of nitrogens with two attached hydrogens (primary N) is 1. The van der Waals surface area contributed by atoms with Crippen molar-refractivity contribution in [2.45, 2.75) is 59.7 Å². The summed E-state index contributed by atoms with van der Waals surface area (Å²) in [6.07, 6.45) is -2.71. The molecule has 0 saturated heterocycles. The van der Waals surface area contributed by atoms with Crippen molar-refractivity contribution < 1.29 is 117 Å². The first-order valence-electron chi connectivity index (χ1n) is 29.1. The van der Waals surface area contributed by atoms with Gasteiger partial charge in [-0.1, -0.05) is 142 Å². The van der Waals surface area contributed by atoms with Gasteiger partial charge in [-0.05, 0) is 141 Å². The molecule has 0 fully saturated rings. The summed E-state index contributed by atoms with van der Waals surface area (Å²) >= 11 is 32.9. The number of hydrogen-bond donors (Lipinski definition) is 10. The Morgan fingerprint density at radius 1 is 0.443 bits per heavy atom. The molecule has 0 radical (unpaired) electrons. The van der Waals surface area contributed by atoms with Gasteiger partial charge in [-0.15, -0.1) is 83.3 Å². The van der Waals surface area contributed by atoms with E-state index < -0.39 is 115 Å². The van der Waals surface area contributed by atoms with Crippen LogP contribution in [0.5, 0.6) is 23.0 Å². The van der Waals surface area contributed by atoms with Crippen molar-refractivity contribution in [1.29, 1.82) is 0 Å². The fourth-order valence-electron chi connectivity index (χ4n) is 6.29. The molecule has 0 bridgehead atoms. The summed E-state index contributed by atoms with van der Waals surface area (Å²) in [7, 11) is -30.8. The van der Waals surface area contributed by atoms with Crippen LogP contribution in [0.3, 0.4) is 0 Å². The fourth-order valence-corrected chi connectivity index (χ4v) is 24.3. The number of sulfonamides is 5. The highest BCUT2D eigenvalue weighted by Crippen LogP contribution is 2.49. The van der Waals surface area contributed by atoms with Gasteiger partial charge in [0.15, 0.2) is 7.60 Å². The van der Waals surface area contributed by atoms with E-state index in [9.17, 15) is 73.7 Å². The van der Waals surface area contributed by atoms with Crippen molar-refractivity contribution in [1.82, 2.24) is 31.2 Å². The number of aromatic hydroxyl groups is 1. The molecule has 0 aliphatic heterocycles. The quantitative estimate of drug-likeness (QED) is 0.0104. The van der Waals surface area contributed by atoms with Gasteiger partial charge in [0, 0.05) is 45.0 Å². The van der Waals surface area contributed by atoms with E-state index in [0.29, 0.717) is 20.1 Å². The zero-order valence-electron chi connectivity index (χ0n) is 59.0. The maximum atomic E-state index is 13.3. The Morgan fingerprint density at radius 3 is 0.930 bits per heavy atom. The Bertz CT molecular complexity index is 5250. The van der Waals surface area contributed by atoms with Gasteiger partial charge in [0.05, 0.1) is 6.29 Å². The lowest BCUT2D eigenvalue weighted by Crippen LogP contribution is -2.28. The topological polar surface area (TPSA) is 580 Å². The first-order valence-corrected chi connectivity index (χ1v) is 58.4. The lowest BCUT2D eigenvalue weighted by Gasteiger charge is -2.24. The highest BCUT2D eigenvalue weighted by atomic mass is 79.9. The van der Waals surface area contributed by atoms with E-state index in [0.717, 1.165) is 68.0 Å². The van der Waals surface area contributed by atoms with E-state index >= 15 is 0 Å². The lowest BCUT2D eigenvalue weighted by atomic mass is 10.3. The molecular formula is C59H83BrCl5N7O26P4S12Si. The SMILES string of the molecule is C.C.COP(=O)(CNS(=O)(=O)c1cccs1)OC.C[Si](C)(C)Br.N.NS(=O)(=O)c1cccs1.O.O=P(CNS(=O)(=O)c1cccs1)(Oc1cccc(Cl)c1)Oc1cccc(Cl)c1.O=P(O)(O)CNS(=O)(=O)c1cccs1.O=P([O-])(CNS(=O)(=O)c1cccs1)Oc1cccc(Cl)c1.O=S(=O)(Cl)c1cccs1.Oc1cccc(Cl)c1.[NH4+]. The minimum atomic E-state index is -4.43. The van der Waals surface area contributed by atoms with Crippen LogP contribution < -0.4 is 54.8 Å². The van der Waals surface area contributed by atoms with Crippen LogP contribution in [-0.4, -0.2) is 117 Å². The predicted molar refractivity (Wildman–Crippen MR) is 470 cm³/mol. The summed E-state index contributed by atoms with van der Waals surface area (Å²) in [5, 5.41) is 24.8. The molecule has 18 N–H and O–H groups in total. The molecule has 0 aliphatic carbocycles. The van der Waals surface area contributed by atoms with Crippen molar-refractivity contribution >= 4 is 237 Å². The van der Waals surface area contributed by atoms with Gasteiger partial charge in [-0.3, -0.25) is 13.7 Å². The molecule has 0 spiro atoms. The van der Waals surface area contributed by atoms with E-state index in [-0.39, 0.29) is 87.2 Å². The molecule has 0 aliphatic rings. The summed E-state index contributed by atoms with van der Waals surface area (Å²) in [5.74, 6) is 0.579. The predicted octanol–water partition coefficient (Wildman–Crippen LogP) is 16.9. The molecule has 56 heteroatoms. The Balaban J connectivity index is -0.00000130. The van der Waals surface area contributed by atoms with Crippen LogP contribution in [-0.2, 0) is 86.5 Å². The van der Waals surface area contributed by atoms with Gasteiger partial charge in [-0.2, -0.15) is 14.2 Å². The Hall–Kier alpha value is -3.47. The molecule has 33 nitrogen and oxygen atoms in total. The van der Waals surface area contributed by atoms with Crippen molar-refractivity contribution in [3.05, 3.63) is 222 Å². The molecule has 1 unspecified atom stereocenters. The van der Waals surface area contributed by atoms with Gasteiger partial charge >= 0.3 is 22.8 Å². The number of nitrogens with one attached hydrogen (secondary N) is 4. The van der Waals surface area contributed by atoms with Crippen LogP contribution >= 0.6 is 171 Å². The van der Waals surface area contributed by atoms with Crippen LogP contribution in [0.15, 0.2) is 227 Å². The van der Waals surface area contributed by atoms with E-state index in [1.807, 2.05) is 9.44 Å². The molecule has 6 aromatic heterocycles. The molecular weight excluding hydrogens is 2020 g/mol. The van der Waals surface area contributed by atoms with Crippen LogP contribution in [0, 0.1) is 0 Å². The fraction of sp³-hybridized carbons (Fsp3) is 0.186. The minimum absolute atomic E-state index is 0. The van der Waals surface area contributed by atoms with E-state index in [1.165, 1.54) is 105 Å². The van der Waals surface area contributed by atoms with Gasteiger partial charge in [-0.25, -0.2) is 64.9 Å². The Labute approximate surface area is 726 Å². The van der Waals surface area contributed by atoms with Crippen molar-refractivity contribution in [2.24, 2.45) is 5.14 Å². The second kappa shape index (κ2) is 53.4. The first kappa shape index (κ1) is 116. The number of thiophene rings is 6. The number of benzene rings is 4. The normalized spacial score (nSPS) is 11.9. The van der Waals surface area contributed by atoms with Crippen LogP contribution in [0.4, 0.5) is 0 Å². The van der Waals surface area contributed by atoms with E-state index in [2.05, 4.69) is 53.4 Å². The standard InChI is InChI=1S/C17H14Cl2NO5PS2.C11H11ClNO5PS2.C7H12NO5PS2.C6H5ClO.C5H8NO5PS2.C4H3ClO2S2.C4H5NO2S2.C3H9BrSi.2CH4.2H3N.H2O/c18-13-4-1-6-15(10-13)24-26(21,25-16-7-2-5-14(19)11-16)12-20-28(22,23)17-8-3-9-27-17;12-9-3-1-4-10(7-9)18-19(14,15)8-13-21(16,17)11-5-2-6-20-11;1-12-14(9,13-2)6-8-16(10,11)7-4-3-5-15-7;7-5-2-1-3-6(8)4-5;7-12(8,9)4-6-14(10,11)5-2-1-3-13-5;2*5-9(6,7)4-2-1-3-8-4;1-5(2,3)4;;;;;/h1-11,20H,12H2;1-7,13H,8H2,(H,14,15);3-5,8H,6H2,1-2H3;1-4,8H;1-3,6H,4H2,(H2,7,8,9);1-3H;1-3H,(H2,5,6,7);1-3H3;2*1H4;2*1H3;1H2. The Kier molecular flexibility index (Phi) is 53.7. The second-order valence-corrected chi connectivity index (χ2v) is 59.7. The smallest absolute Gasteiger partial charge is 0.445 e. The molecule has 115 heavy (non-hydrogen) atoms. The maximum Gasteiger partial charge on any atom is 0.445 e. The van der Waals surface area contributed by atoms with E-state index in [1.54, 1.807) is 111 Å².